The van der Waals surface area contributed by atoms with Crippen molar-refractivity contribution in [3.63, 3.8) is 0 Å². The third-order valence-corrected chi connectivity index (χ3v) is 5.35. The quantitative estimate of drug-likeness (QED) is 0.648. The van der Waals surface area contributed by atoms with Crippen molar-refractivity contribution in [1.29, 1.82) is 0 Å². The van der Waals surface area contributed by atoms with Crippen LogP contribution in [0.15, 0.2) is 71.7 Å². The first kappa shape index (κ1) is 19.1. The molecule has 0 fully saturated rings. The fraction of sp³-hybridized carbons (Fsp3) is 0.208. The van der Waals surface area contributed by atoms with Crippen molar-refractivity contribution in [2.24, 2.45) is 4.99 Å². The molecule has 0 aromatic heterocycles. The first-order chi connectivity index (χ1) is 14.0. The summed E-state index contributed by atoms with van der Waals surface area (Å²) in [5.41, 5.74) is 5.39. The van der Waals surface area contributed by atoms with Gasteiger partial charge in [0.1, 0.15) is 6.04 Å². The summed E-state index contributed by atoms with van der Waals surface area (Å²) in [6.07, 6.45) is 0. The Kier molecular flexibility index (Phi) is 5.30. The molecule has 0 aliphatic carbocycles. The molecule has 0 radical (unpaired) electrons. The van der Waals surface area contributed by atoms with Gasteiger partial charge < -0.3 is 10.6 Å². The van der Waals surface area contributed by atoms with E-state index in [1.807, 2.05) is 24.3 Å². The summed E-state index contributed by atoms with van der Waals surface area (Å²) in [4.78, 5) is 4.90. The SMILES string of the molecule is Cc1ccccc1[C@H]1N=C(NCc2ccc(F)c(F)c2)N[C@H]1c1ccccc1C. The number of rotatable bonds is 4. The lowest BCUT2D eigenvalue weighted by molar-refractivity contribution is 0.506. The van der Waals surface area contributed by atoms with Gasteiger partial charge in [-0.1, -0.05) is 54.6 Å². The molecule has 5 heteroatoms. The van der Waals surface area contributed by atoms with Gasteiger partial charge in [-0.15, -0.1) is 0 Å². The van der Waals surface area contributed by atoms with Crippen LogP contribution in [-0.4, -0.2) is 5.96 Å². The fourth-order valence-electron chi connectivity index (χ4n) is 3.76. The number of nitrogens with one attached hydrogen (secondary N) is 2. The van der Waals surface area contributed by atoms with Crippen LogP contribution in [0, 0.1) is 25.5 Å². The average Bonchev–Trinajstić information content (AvgIpc) is 3.13. The zero-order valence-corrected chi connectivity index (χ0v) is 16.4. The highest BCUT2D eigenvalue weighted by atomic mass is 19.2. The van der Waals surface area contributed by atoms with E-state index in [9.17, 15) is 8.78 Å². The van der Waals surface area contributed by atoms with E-state index in [0.29, 0.717) is 18.1 Å². The Balaban J connectivity index is 1.61. The second kappa shape index (κ2) is 8.03. The molecule has 3 aromatic rings. The highest BCUT2D eigenvalue weighted by molar-refractivity contribution is 5.83. The van der Waals surface area contributed by atoms with E-state index in [2.05, 4.69) is 48.7 Å². The van der Waals surface area contributed by atoms with Gasteiger partial charge in [-0.25, -0.2) is 13.8 Å². The number of benzene rings is 3. The van der Waals surface area contributed by atoms with E-state index in [1.165, 1.54) is 22.8 Å². The molecule has 2 atom stereocenters. The van der Waals surface area contributed by atoms with Gasteiger partial charge in [-0.05, 0) is 53.8 Å². The van der Waals surface area contributed by atoms with Crippen molar-refractivity contribution in [2.75, 3.05) is 0 Å². The third kappa shape index (κ3) is 3.99. The summed E-state index contributed by atoms with van der Waals surface area (Å²) < 4.78 is 26.6. The number of aryl methyl sites for hydroxylation is 2. The maximum Gasteiger partial charge on any atom is 0.192 e. The lowest BCUT2D eigenvalue weighted by Gasteiger charge is -2.22. The summed E-state index contributed by atoms with van der Waals surface area (Å²) >= 11 is 0. The molecule has 3 aromatic carbocycles. The molecule has 0 spiro atoms. The molecule has 0 bridgehead atoms. The van der Waals surface area contributed by atoms with Gasteiger partial charge in [0.25, 0.3) is 0 Å². The zero-order chi connectivity index (χ0) is 20.4. The van der Waals surface area contributed by atoms with Gasteiger partial charge in [0.2, 0.25) is 0 Å². The molecule has 1 heterocycles. The number of guanidine groups is 1. The van der Waals surface area contributed by atoms with Crippen molar-refractivity contribution in [3.05, 3.63) is 106 Å². The standard InChI is InChI=1S/C24H23F2N3/c1-15-7-3-5-9-18(15)22-23(19-10-6-4-8-16(19)2)29-24(28-22)27-14-17-11-12-20(25)21(26)13-17/h3-13,22-23H,14H2,1-2H3,(H2,27,28,29)/t22-,23+. The molecule has 0 amide bonds. The predicted octanol–water partition coefficient (Wildman–Crippen LogP) is 5.11. The minimum Gasteiger partial charge on any atom is -0.352 e. The molecule has 0 saturated heterocycles. The normalized spacial score (nSPS) is 18.3. The van der Waals surface area contributed by atoms with Gasteiger partial charge in [-0.2, -0.15) is 0 Å². The van der Waals surface area contributed by atoms with E-state index in [4.69, 9.17) is 4.99 Å². The molecule has 148 valence electrons. The highest BCUT2D eigenvalue weighted by Crippen LogP contribution is 2.38. The van der Waals surface area contributed by atoms with Gasteiger partial charge >= 0.3 is 0 Å². The Hall–Kier alpha value is -3.21. The van der Waals surface area contributed by atoms with Crippen molar-refractivity contribution >= 4 is 5.96 Å². The van der Waals surface area contributed by atoms with Crippen LogP contribution in [0.1, 0.15) is 39.9 Å². The summed E-state index contributed by atoms with van der Waals surface area (Å²) in [7, 11) is 0. The monoisotopic (exact) mass is 391 g/mol. The molecular formula is C24H23F2N3. The Morgan fingerprint density at radius 1 is 0.862 bits per heavy atom. The lowest BCUT2D eigenvalue weighted by Crippen LogP contribution is -2.35. The number of hydrogen-bond donors (Lipinski definition) is 2. The van der Waals surface area contributed by atoms with Crippen LogP contribution < -0.4 is 10.6 Å². The van der Waals surface area contributed by atoms with Crippen molar-refractivity contribution in [3.8, 4) is 0 Å². The maximum atomic E-state index is 13.5. The number of nitrogens with zero attached hydrogens (tertiary/aromatic N) is 1. The molecule has 0 unspecified atom stereocenters. The average molecular weight is 391 g/mol. The lowest BCUT2D eigenvalue weighted by atomic mass is 9.90. The third-order valence-electron chi connectivity index (χ3n) is 5.35. The number of aliphatic imine (C=N–C) groups is 1. The predicted molar refractivity (Wildman–Crippen MR) is 112 cm³/mol. The van der Waals surface area contributed by atoms with E-state index in [0.717, 1.165) is 11.6 Å². The van der Waals surface area contributed by atoms with Crippen molar-refractivity contribution in [2.45, 2.75) is 32.5 Å². The molecular weight excluding hydrogens is 368 g/mol. The molecule has 0 saturated carbocycles. The van der Waals surface area contributed by atoms with Crippen LogP contribution >= 0.6 is 0 Å². The van der Waals surface area contributed by atoms with Gasteiger partial charge in [0, 0.05) is 6.54 Å². The molecule has 3 nitrogen and oxygen atoms in total. The second-order valence-electron chi connectivity index (χ2n) is 7.36. The van der Waals surface area contributed by atoms with Gasteiger partial charge in [0.15, 0.2) is 17.6 Å². The maximum absolute atomic E-state index is 13.5. The highest BCUT2D eigenvalue weighted by Gasteiger charge is 2.32. The van der Waals surface area contributed by atoms with E-state index in [1.54, 1.807) is 6.07 Å². The van der Waals surface area contributed by atoms with Crippen LogP contribution in [0.2, 0.25) is 0 Å². The Morgan fingerprint density at radius 2 is 1.52 bits per heavy atom. The minimum atomic E-state index is -0.846. The van der Waals surface area contributed by atoms with E-state index >= 15 is 0 Å². The molecule has 4 rings (SSSR count). The Labute approximate surface area is 169 Å². The Bertz CT molecular complexity index is 1060. The number of halogens is 2. The van der Waals surface area contributed by atoms with Crippen molar-refractivity contribution in [1.82, 2.24) is 10.6 Å². The summed E-state index contributed by atoms with van der Waals surface area (Å²) in [6, 6.07) is 20.3. The molecule has 1 aliphatic rings. The smallest absolute Gasteiger partial charge is 0.192 e. The van der Waals surface area contributed by atoms with Crippen LogP contribution in [0.25, 0.3) is 0 Å². The molecule has 29 heavy (non-hydrogen) atoms. The largest absolute Gasteiger partial charge is 0.352 e. The zero-order valence-electron chi connectivity index (χ0n) is 16.4. The van der Waals surface area contributed by atoms with Crippen LogP contribution in [0.4, 0.5) is 8.78 Å². The topological polar surface area (TPSA) is 36.4 Å². The van der Waals surface area contributed by atoms with Crippen LogP contribution in [0.5, 0.6) is 0 Å². The number of hydrogen-bond acceptors (Lipinski definition) is 3. The van der Waals surface area contributed by atoms with Gasteiger partial charge in [0.05, 0.1) is 6.04 Å². The summed E-state index contributed by atoms with van der Waals surface area (Å²) in [5, 5.41) is 6.72. The van der Waals surface area contributed by atoms with Crippen molar-refractivity contribution < 1.29 is 8.78 Å². The molecule has 1 aliphatic heterocycles. The van der Waals surface area contributed by atoms with Crippen LogP contribution in [0.3, 0.4) is 0 Å². The minimum absolute atomic E-state index is 0.00949. The van der Waals surface area contributed by atoms with E-state index < -0.39 is 11.6 Å². The molecule has 2 N–H and O–H groups in total. The first-order valence-electron chi connectivity index (χ1n) is 9.66. The fourth-order valence-corrected chi connectivity index (χ4v) is 3.76. The van der Waals surface area contributed by atoms with Gasteiger partial charge in [-0.3, -0.25) is 0 Å². The summed E-state index contributed by atoms with van der Waals surface area (Å²) in [5.74, 6) is -1.04. The van der Waals surface area contributed by atoms with E-state index in [-0.39, 0.29) is 12.1 Å². The Morgan fingerprint density at radius 3 is 2.17 bits per heavy atom. The first-order valence-corrected chi connectivity index (χ1v) is 9.66. The second-order valence-corrected chi connectivity index (χ2v) is 7.36. The van der Waals surface area contributed by atoms with Crippen LogP contribution in [-0.2, 0) is 6.54 Å². The summed E-state index contributed by atoms with van der Waals surface area (Å²) in [6.45, 7) is 4.54.